The first kappa shape index (κ1) is 31.5. The van der Waals surface area contributed by atoms with Gasteiger partial charge in [-0.3, -0.25) is 14.7 Å². The predicted molar refractivity (Wildman–Crippen MR) is 121 cm³/mol. The number of fused-ring (bicyclic) bond motifs is 1. The summed E-state index contributed by atoms with van der Waals surface area (Å²) in [4.78, 5) is 39.2. The van der Waals surface area contributed by atoms with Crippen LogP contribution >= 0.6 is 0 Å². The Labute approximate surface area is 217 Å². The largest absolute Gasteiger partial charge is 0.490 e. The summed E-state index contributed by atoms with van der Waals surface area (Å²) < 4.78 is 76.6. The molecule has 1 amide bonds. The molecule has 1 aromatic heterocycles. The van der Waals surface area contributed by atoms with E-state index in [0.717, 1.165) is 36.5 Å². The highest BCUT2D eigenvalue weighted by atomic mass is 19.4. The first-order chi connectivity index (χ1) is 18.0. The number of aromatic nitrogens is 1. The van der Waals surface area contributed by atoms with Crippen LogP contribution in [0.4, 0.5) is 30.7 Å². The van der Waals surface area contributed by atoms with Gasteiger partial charge in [0.25, 0.3) is 0 Å². The second kappa shape index (κ2) is 12.9. The highest BCUT2D eigenvalue weighted by Gasteiger charge is 2.46. The van der Waals surface area contributed by atoms with Crippen molar-refractivity contribution in [2.45, 2.75) is 57.3 Å². The molecule has 8 nitrogen and oxygen atoms in total. The fourth-order valence-corrected chi connectivity index (χ4v) is 4.10. The Balaban J connectivity index is 0.000000317. The van der Waals surface area contributed by atoms with Crippen molar-refractivity contribution in [1.82, 2.24) is 14.8 Å². The zero-order chi connectivity index (χ0) is 29.5. The topological polar surface area (TPSA) is 111 Å². The summed E-state index contributed by atoms with van der Waals surface area (Å²) in [5.41, 5.74) is 3.02. The average Bonchev–Trinajstić information content (AvgIpc) is 3.34. The molecule has 2 aromatic rings. The molecule has 2 fully saturated rings. The Bertz CT molecular complexity index is 1130. The van der Waals surface area contributed by atoms with Crippen molar-refractivity contribution in [3.63, 3.8) is 0 Å². The van der Waals surface area contributed by atoms with Gasteiger partial charge in [-0.1, -0.05) is 18.2 Å². The minimum Gasteiger partial charge on any atom is -0.475 e. The van der Waals surface area contributed by atoms with Gasteiger partial charge in [-0.05, 0) is 43.2 Å². The van der Waals surface area contributed by atoms with Crippen LogP contribution in [0.3, 0.4) is 0 Å². The molecule has 15 heteroatoms. The van der Waals surface area contributed by atoms with Gasteiger partial charge in [0, 0.05) is 37.3 Å². The fourth-order valence-electron chi connectivity index (χ4n) is 4.10. The lowest BCUT2D eigenvalue weighted by molar-refractivity contribution is -0.193. The van der Waals surface area contributed by atoms with Gasteiger partial charge < -0.3 is 15.1 Å². The molecule has 2 saturated heterocycles. The number of carboxylic acid groups (broad SMARTS) is 2. The molecule has 214 valence electrons. The van der Waals surface area contributed by atoms with Gasteiger partial charge in [-0.2, -0.15) is 26.3 Å². The van der Waals surface area contributed by atoms with Crippen LogP contribution in [0.2, 0.25) is 0 Å². The van der Waals surface area contributed by atoms with E-state index in [1.165, 1.54) is 12.1 Å². The molecule has 2 aliphatic rings. The Kier molecular flexibility index (Phi) is 10.4. The number of carbonyl (C=O) groups excluding carboxylic acids is 1. The normalized spacial score (nSPS) is 19.0. The van der Waals surface area contributed by atoms with Crippen LogP contribution in [-0.2, 0) is 27.5 Å². The van der Waals surface area contributed by atoms with E-state index in [-0.39, 0.29) is 23.8 Å². The van der Waals surface area contributed by atoms with Crippen molar-refractivity contribution >= 4 is 17.8 Å². The molecule has 0 aliphatic carbocycles. The summed E-state index contributed by atoms with van der Waals surface area (Å²) in [6.07, 6.45) is -8.61. The maximum absolute atomic E-state index is 13.1. The van der Waals surface area contributed by atoms with Gasteiger partial charge in [0.05, 0.1) is 12.2 Å². The molecule has 0 radical (unpaired) electrons. The predicted octanol–water partition coefficient (Wildman–Crippen LogP) is 4.17. The van der Waals surface area contributed by atoms with Crippen molar-refractivity contribution in [1.29, 1.82) is 0 Å². The number of aliphatic carboxylic acids is 2. The third-order valence-electron chi connectivity index (χ3n) is 5.79. The first-order valence-corrected chi connectivity index (χ1v) is 11.3. The van der Waals surface area contributed by atoms with E-state index in [0.29, 0.717) is 13.0 Å². The summed E-state index contributed by atoms with van der Waals surface area (Å²) in [6.45, 7) is 4.30. The van der Waals surface area contributed by atoms with Crippen LogP contribution in [0.5, 0.6) is 0 Å². The van der Waals surface area contributed by atoms with E-state index in [2.05, 4.69) is 9.88 Å². The number of alkyl halides is 6. The van der Waals surface area contributed by atoms with Gasteiger partial charge in [0.1, 0.15) is 5.82 Å². The lowest BCUT2D eigenvalue weighted by Gasteiger charge is -2.25. The summed E-state index contributed by atoms with van der Waals surface area (Å²) in [5, 5.41) is 14.2. The standard InChI is InChI=1S/C20H22FN3O.2C2HF3O2/c1-14-3-2-4-17(22-14)13-24-18-9-10-23(19(18)11-20(24)25)12-15-5-7-16(21)8-6-15;2*3-2(4,5)1(6)7/h2-8,18-19H,9-13H2,1H3;2*(H,6,7)/t18-,19+;;/m0../s1. The maximum atomic E-state index is 13.1. The number of pyridine rings is 1. The molecule has 0 bridgehead atoms. The molecule has 0 spiro atoms. The summed E-state index contributed by atoms with van der Waals surface area (Å²) in [6, 6.07) is 13.1. The number of rotatable bonds is 4. The molecule has 39 heavy (non-hydrogen) atoms. The monoisotopic (exact) mass is 567 g/mol. The number of nitrogens with zero attached hydrogens (tertiary/aromatic N) is 3. The van der Waals surface area contributed by atoms with Crippen LogP contribution in [-0.4, -0.2) is 73.8 Å². The summed E-state index contributed by atoms with van der Waals surface area (Å²) >= 11 is 0. The van der Waals surface area contributed by atoms with Crippen LogP contribution in [0.1, 0.15) is 29.8 Å². The number of likely N-dealkylation sites (tertiary alicyclic amines) is 2. The second-order valence-electron chi connectivity index (χ2n) is 8.62. The molecule has 2 atom stereocenters. The average molecular weight is 567 g/mol. The van der Waals surface area contributed by atoms with E-state index in [1.54, 1.807) is 0 Å². The van der Waals surface area contributed by atoms with Gasteiger partial charge in [0.15, 0.2) is 0 Å². The quantitative estimate of drug-likeness (QED) is 0.534. The van der Waals surface area contributed by atoms with Gasteiger partial charge >= 0.3 is 24.3 Å². The Hall–Kier alpha value is -3.75. The van der Waals surface area contributed by atoms with Gasteiger partial charge in [0.2, 0.25) is 5.91 Å². The van der Waals surface area contributed by atoms with Gasteiger partial charge in [-0.25, -0.2) is 14.0 Å². The minimum absolute atomic E-state index is 0.210. The highest BCUT2D eigenvalue weighted by Crippen LogP contribution is 2.34. The Morgan fingerprint density at radius 3 is 1.95 bits per heavy atom. The number of aryl methyl sites for hydroxylation is 1. The number of halogens is 7. The Morgan fingerprint density at radius 1 is 0.923 bits per heavy atom. The van der Waals surface area contributed by atoms with E-state index < -0.39 is 24.3 Å². The molecule has 0 saturated carbocycles. The van der Waals surface area contributed by atoms with Gasteiger partial charge in [-0.15, -0.1) is 0 Å². The molecule has 4 rings (SSSR count). The molecule has 3 heterocycles. The lowest BCUT2D eigenvalue weighted by atomic mass is 10.1. The number of benzene rings is 1. The highest BCUT2D eigenvalue weighted by molar-refractivity contribution is 5.80. The first-order valence-electron chi connectivity index (χ1n) is 11.3. The molecule has 1 aromatic carbocycles. The molecule has 2 N–H and O–H groups in total. The van der Waals surface area contributed by atoms with Crippen molar-refractivity contribution in [3.8, 4) is 0 Å². The smallest absolute Gasteiger partial charge is 0.475 e. The van der Waals surface area contributed by atoms with E-state index in [1.807, 2.05) is 42.2 Å². The summed E-state index contributed by atoms with van der Waals surface area (Å²) in [5.74, 6) is -5.52. The second-order valence-corrected chi connectivity index (χ2v) is 8.62. The number of carbonyl (C=O) groups is 3. The third kappa shape index (κ3) is 9.50. The number of hydrogen-bond donors (Lipinski definition) is 2. The van der Waals surface area contributed by atoms with Crippen LogP contribution in [0.15, 0.2) is 42.5 Å². The summed E-state index contributed by atoms with van der Waals surface area (Å²) in [7, 11) is 0. The lowest BCUT2D eigenvalue weighted by Crippen LogP contribution is -2.36. The SMILES string of the molecule is Cc1cccc(CN2C(=O)C[C@@H]3[C@@H]2CCN3Cc2ccc(F)cc2)n1.O=C(O)C(F)(F)F.O=C(O)C(F)(F)F. The number of hydrogen-bond acceptors (Lipinski definition) is 5. The van der Waals surface area contributed by atoms with E-state index >= 15 is 0 Å². The van der Waals surface area contributed by atoms with E-state index in [4.69, 9.17) is 19.8 Å². The van der Waals surface area contributed by atoms with Crippen LogP contribution in [0, 0.1) is 12.7 Å². The fraction of sp³-hybridized carbons (Fsp3) is 0.417. The number of carboxylic acids is 2. The van der Waals surface area contributed by atoms with Crippen molar-refractivity contribution in [2.75, 3.05) is 6.54 Å². The van der Waals surface area contributed by atoms with Crippen molar-refractivity contribution in [2.24, 2.45) is 0 Å². The third-order valence-corrected chi connectivity index (χ3v) is 5.79. The maximum Gasteiger partial charge on any atom is 0.490 e. The zero-order valence-electron chi connectivity index (χ0n) is 20.3. The van der Waals surface area contributed by atoms with Crippen molar-refractivity contribution < 1.29 is 55.3 Å². The minimum atomic E-state index is -5.08. The zero-order valence-corrected chi connectivity index (χ0v) is 20.3. The Morgan fingerprint density at radius 2 is 1.46 bits per heavy atom. The van der Waals surface area contributed by atoms with Crippen LogP contribution < -0.4 is 0 Å². The van der Waals surface area contributed by atoms with E-state index in [9.17, 15) is 35.5 Å². The molecular weight excluding hydrogens is 543 g/mol. The van der Waals surface area contributed by atoms with Crippen LogP contribution in [0.25, 0.3) is 0 Å². The van der Waals surface area contributed by atoms with Crippen molar-refractivity contribution in [3.05, 3.63) is 65.2 Å². The molecule has 2 aliphatic heterocycles. The number of amides is 1. The molecular formula is C24H24F7N3O5. The molecule has 0 unspecified atom stereocenters.